The highest BCUT2D eigenvalue weighted by atomic mass is 35.5. The SMILES string of the molecule is Cn1cc(-c2ccc(Cc3[nH]nc4ccc(C(=O)N5CCC[C@H]5c5ccc(Cl)cc5)cc34)cc2)cn1. The fourth-order valence-electron chi connectivity index (χ4n) is 5.13. The van der Waals surface area contributed by atoms with E-state index in [0.29, 0.717) is 17.0 Å². The number of benzene rings is 3. The van der Waals surface area contributed by atoms with E-state index in [1.807, 2.05) is 66.8 Å². The van der Waals surface area contributed by atoms with Crippen LogP contribution in [-0.4, -0.2) is 37.3 Å². The number of rotatable bonds is 5. The fourth-order valence-corrected chi connectivity index (χ4v) is 5.25. The average molecular weight is 496 g/mol. The molecule has 5 aromatic rings. The number of carbonyl (C=O) groups excluding carboxylic acids is 1. The van der Waals surface area contributed by atoms with E-state index in [1.165, 1.54) is 5.56 Å². The average Bonchev–Trinajstić information content (AvgIpc) is 3.65. The number of halogens is 1. The van der Waals surface area contributed by atoms with Crippen molar-refractivity contribution >= 4 is 28.4 Å². The lowest BCUT2D eigenvalue weighted by molar-refractivity contribution is 0.0736. The number of nitrogens with zero attached hydrogens (tertiary/aromatic N) is 4. The first kappa shape index (κ1) is 22.6. The molecule has 1 fully saturated rings. The quantitative estimate of drug-likeness (QED) is 0.316. The van der Waals surface area contributed by atoms with E-state index in [9.17, 15) is 4.79 Å². The Morgan fingerprint density at radius 2 is 1.86 bits per heavy atom. The van der Waals surface area contributed by atoms with Gasteiger partial charge in [0.2, 0.25) is 0 Å². The molecule has 0 bridgehead atoms. The Kier molecular flexibility index (Phi) is 5.82. The lowest BCUT2D eigenvalue weighted by atomic mass is 10.0. The van der Waals surface area contributed by atoms with Crippen molar-refractivity contribution in [1.82, 2.24) is 24.9 Å². The Hall–Kier alpha value is -3.90. The molecule has 2 aromatic heterocycles. The predicted molar refractivity (Wildman–Crippen MR) is 142 cm³/mol. The van der Waals surface area contributed by atoms with Crippen LogP contribution in [0.4, 0.5) is 0 Å². The summed E-state index contributed by atoms with van der Waals surface area (Å²) in [6.07, 6.45) is 6.54. The number of H-pyrrole nitrogens is 1. The minimum atomic E-state index is 0.0577. The summed E-state index contributed by atoms with van der Waals surface area (Å²) in [5.41, 5.74) is 7.09. The van der Waals surface area contributed by atoms with E-state index < -0.39 is 0 Å². The monoisotopic (exact) mass is 495 g/mol. The Morgan fingerprint density at radius 3 is 2.61 bits per heavy atom. The van der Waals surface area contributed by atoms with Gasteiger partial charge >= 0.3 is 0 Å². The molecule has 1 aliphatic rings. The van der Waals surface area contributed by atoms with E-state index >= 15 is 0 Å². The first-order chi connectivity index (χ1) is 17.5. The molecule has 1 aliphatic heterocycles. The van der Waals surface area contributed by atoms with Crippen LogP contribution in [0, 0.1) is 0 Å². The minimum absolute atomic E-state index is 0.0577. The maximum absolute atomic E-state index is 13.6. The summed E-state index contributed by atoms with van der Waals surface area (Å²) in [4.78, 5) is 15.6. The molecule has 36 heavy (non-hydrogen) atoms. The molecule has 6 nitrogen and oxygen atoms in total. The van der Waals surface area contributed by atoms with Crippen molar-refractivity contribution in [2.24, 2.45) is 7.05 Å². The number of aromatic nitrogens is 4. The predicted octanol–water partition coefficient (Wildman–Crippen LogP) is 6.18. The topological polar surface area (TPSA) is 66.8 Å². The molecule has 1 N–H and O–H groups in total. The zero-order valence-corrected chi connectivity index (χ0v) is 20.7. The number of likely N-dealkylation sites (tertiary alicyclic amines) is 1. The van der Waals surface area contributed by atoms with E-state index in [4.69, 9.17) is 11.6 Å². The van der Waals surface area contributed by atoms with Crippen molar-refractivity contribution in [3.8, 4) is 11.1 Å². The third-order valence-electron chi connectivity index (χ3n) is 7.02. The van der Waals surface area contributed by atoms with Crippen molar-refractivity contribution in [3.63, 3.8) is 0 Å². The molecule has 180 valence electrons. The van der Waals surface area contributed by atoms with Crippen molar-refractivity contribution in [2.75, 3.05) is 6.54 Å². The summed E-state index contributed by atoms with van der Waals surface area (Å²) in [6, 6.07) is 22.2. The number of carbonyl (C=O) groups is 1. The van der Waals surface area contributed by atoms with E-state index in [0.717, 1.165) is 52.7 Å². The van der Waals surface area contributed by atoms with Gasteiger partial charge < -0.3 is 4.90 Å². The van der Waals surface area contributed by atoms with Crippen molar-refractivity contribution < 1.29 is 4.79 Å². The summed E-state index contributed by atoms with van der Waals surface area (Å²) in [7, 11) is 1.92. The molecule has 6 rings (SSSR count). The van der Waals surface area contributed by atoms with Gasteiger partial charge in [-0.05, 0) is 59.9 Å². The van der Waals surface area contributed by atoms with Crippen LogP contribution < -0.4 is 0 Å². The van der Waals surface area contributed by atoms with Crippen LogP contribution >= 0.6 is 11.6 Å². The number of nitrogens with one attached hydrogen (secondary N) is 1. The van der Waals surface area contributed by atoms with Crippen LogP contribution in [0.15, 0.2) is 79.1 Å². The van der Waals surface area contributed by atoms with Gasteiger partial charge in [0.15, 0.2) is 0 Å². The Morgan fingerprint density at radius 1 is 1.06 bits per heavy atom. The molecule has 1 saturated heterocycles. The van der Waals surface area contributed by atoms with Gasteiger partial charge in [-0.2, -0.15) is 10.2 Å². The van der Waals surface area contributed by atoms with Crippen LogP contribution in [-0.2, 0) is 13.5 Å². The van der Waals surface area contributed by atoms with Gasteiger partial charge in [-0.15, -0.1) is 0 Å². The van der Waals surface area contributed by atoms with Crippen molar-refractivity contribution in [1.29, 1.82) is 0 Å². The maximum Gasteiger partial charge on any atom is 0.254 e. The van der Waals surface area contributed by atoms with Gasteiger partial charge in [-0.1, -0.05) is 48.0 Å². The van der Waals surface area contributed by atoms with Crippen LogP contribution in [0.5, 0.6) is 0 Å². The van der Waals surface area contributed by atoms with Gasteiger partial charge in [0.1, 0.15) is 0 Å². The van der Waals surface area contributed by atoms with Crippen molar-refractivity contribution in [2.45, 2.75) is 25.3 Å². The highest BCUT2D eigenvalue weighted by Crippen LogP contribution is 2.34. The number of amides is 1. The number of aromatic amines is 1. The number of fused-ring (bicyclic) bond motifs is 1. The largest absolute Gasteiger partial charge is 0.332 e. The second-order valence-corrected chi connectivity index (χ2v) is 9.86. The highest BCUT2D eigenvalue weighted by molar-refractivity contribution is 6.30. The molecule has 0 spiro atoms. The summed E-state index contributed by atoms with van der Waals surface area (Å²) in [5, 5.41) is 13.6. The maximum atomic E-state index is 13.6. The Balaban J connectivity index is 1.24. The zero-order valence-electron chi connectivity index (χ0n) is 20.0. The standard InChI is InChI=1S/C29H26ClN5O/c1-34-18-23(17-31-34)20-6-4-19(5-7-20)15-27-25-16-22(10-13-26(25)32-33-27)29(36)35-14-2-3-28(35)21-8-11-24(30)12-9-21/h4-13,16-18,28H,2-3,14-15H2,1H3,(H,32,33)/t28-/m0/s1. The molecule has 0 saturated carbocycles. The van der Waals surface area contributed by atoms with Crippen LogP contribution in [0.1, 0.15) is 46.1 Å². The molecule has 1 amide bonds. The fraction of sp³-hybridized carbons (Fsp3) is 0.207. The molecule has 7 heteroatoms. The van der Waals surface area contributed by atoms with Crippen LogP contribution in [0.2, 0.25) is 5.02 Å². The lowest BCUT2D eigenvalue weighted by Crippen LogP contribution is -2.30. The normalized spacial score (nSPS) is 15.6. The second kappa shape index (κ2) is 9.28. The van der Waals surface area contributed by atoms with Gasteiger partial charge in [0, 0.05) is 53.4 Å². The molecular formula is C29H26ClN5O. The third-order valence-corrected chi connectivity index (χ3v) is 7.27. The highest BCUT2D eigenvalue weighted by Gasteiger charge is 2.30. The number of hydrogen-bond donors (Lipinski definition) is 1. The Labute approximate surface area is 214 Å². The summed E-state index contributed by atoms with van der Waals surface area (Å²) in [6.45, 7) is 0.756. The summed E-state index contributed by atoms with van der Waals surface area (Å²) >= 11 is 6.07. The third kappa shape index (κ3) is 4.29. The van der Waals surface area contributed by atoms with E-state index in [1.54, 1.807) is 4.68 Å². The minimum Gasteiger partial charge on any atom is -0.332 e. The molecule has 3 aromatic carbocycles. The van der Waals surface area contributed by atoms with Crippen molar-refractivity contribution in [3.05, 3.63) is 107 Å². The first-order valence-corrected chi connectivity index (χ1v) is 12.5. The van der Waals surface area contributed by atoms with Crippen LogP contribution in [0.25, 0.3) is 22.0 Å². The zero-order chi connectivity index (χ0) is 24.6. The van der Waals surface area contributed by atoms with Gasteiger partial charge in [-0.3, -0.25) is 14.6 Å². The molecule has 0 unspecified atom stereocenters. The van der Waals surface area contributed by atoms with Gasteiger partial charge in [0.25, 0.3) is 5.91 Å². The molecule has 0 radical (unpaired) electrons. The van der Waals surface area contributed by atoms with Crippen LogP contribution in [0.3, 0.4) is 0 Å². The molecule has 1 atom stereocenters. The summed E-state index contributed by atoms with van der Waals surface area (Å²) in [5.74, 6) is 0.0577. The summed E-state index contributed by atoms with van der Waals surface area (Å²) < 4.78 is 1.80. The number of aryl methyl sites for hydroxylation is 1. The smallest absolute Gasteiger partial charge is 0.254 e. The Bertz CT molecular complexity index is 1530. The van der Waals surface area contributed by atoms with Gasteiger partial charge in [-0.25, -0.2) is 0 Å². The van der Waals surface area contributed by atoms with E-state index in [2.05, 4.69) is 39.6 Å². The molecule has 0 aliphatic carbocycles. The van der Waals surface area contributed by atoms with Gasteiger partial charge in [0.05, 0.1) is 17.8 Å². The second-order valence-electron chi connectivity index (χ2n) is 9.42. The molecular weight excluding hydrogens is 470 g/mol. The first-order valence-electron chi connectivity index (χ1n) is 12.2. The number of hydrogen-bond acceptors (Lipinski definition) is 3. The lowest BCUT2D eigenvalue weighted by Gasteiger charge is -2.25. The molecule has 3 heterocycles. The van der Waals surface area contributed by atoms with E-state index in [-0.39, 0.29) is 11.9 Å².